The molecule has 0 atom stereocenters. The van der Waals surface area contributed by atoms with Gasteiger partial charge in [0.25, 0.3) is 0 Å². The Labute approximate surface area is 115 Å². The highest BCUT2D eigenvalue weighted by Crippen LogP contribution is 2.19. The lowest BCUT2D eigenvalue weighted by molar-refractivity contribution is 0.321. The quantitative estimate of drug-likeness (QED) is 0.713. The lowest BCUT2D eigenvalue weighted by Crippen LogP contribution is -2.28. The predicted molar refractivity (Wildman–Crippen MR) is 76.7 cm³/mol. The zero-order valence-electron chi connectivity index (χ0n) is 12.1. The summed E-state index contributed by atoms with van der Waals surface area (Å²) in [7, 11) is 0. The minimum absolute atomic E-state index is 0.150. The van der Waals surface area contributed by atoms with E-state index in [0.717, 1.165) is 18.5 Å². The van der Waals surface area contributed by atoms with Crippen LogP contribution in [-0.4, -0.2) is 19.7 Å². The molecule has 108 valence electrons. The van der Waals surface area contributed by atoms with Gasteiger partial charge in [0, 0.05) is 6.54 Å². The maximum absolute atomic E-state index is 13.6. The van der Waals surface area contributed by atoms with Crippen molar-refractivity contribution in [1.29, 1.82) is 0 Å². The molecule has 3 N–H and O–H groups in total. The topological polar surface area (TPSA) is 47.3 Å². The third-order valence-corrected chi connectivity index (χ3v) is 3.16. The molecule has 1 rings (SSSR count). The predicted octanol–water partition coefficient (Wildman–Crippen LogP) is 2.69. The average Bonchev–Trinajstić information content (AvgIpc) is 2.38. The monoisotopic (exact) mass is 268 g/mol. The summed E-state index contributed by atoms with van der Waals surface area (Å²) in [6.45, 7) is 8.81. The van der Waals surface area contributed by atoms with Crippen LogP contribution in [0.3, 0.4) is 0 Å². The summed E-state index contributed by atoms with van der Waals surface area (Å²) < 4.78 is 18.8. The number of ether oxygens (including phenoxy) is 1. The summed E-state index contributed by atoms with van der Waals surface area (Å²) in [5.41, 5.74) is 6.75. The molecule has 0 aliphatic heterocycles. The number of hydrogen-bond donors (Lipinski definition) is 2. The van der Waals surface area contributed by atoms with Crippen LogP contribution in [0.2, 0.25) is 0 Å². The van der Waals surface area contributed by atoms with Crippen molar-refractivity contribution in [1.82, 2.24) is 5.32 Å². The summed E-state index contributed by atoms with van der Waals surface area (Å²) in [6, 6.07) is 5.08. The van der Waals surface area contributed by atoms with E-state index in [1.54, 1.807) is 6.07 Å². The number of nitrogens with one attached hydrogen (secondary N) is 1. The van der Waals surface area contributed by atoms with Crippen molar-refractivity contribution < 1.29 is 9.13 Å². The number of benzene rings is 1. The molecule has 0 amide bonds. The minimum Gasteiger partial charge on any atom is -0.491 e. The highest BCUT2D eigenvalue weighted by Gasteiger charge is 2.14. The molecular formula is C15H25FN2O. The molecule has 0 bridgehead atoms. The van der Waals surface area contributed by atoms with Crippen LogP contribution in [0.25, 0.3) is 0 Å². The molecule has 1 aromatic rings. The van der Waals surface area contributed by atoms with Crippen LogP contribution in [-0.2, 0) is 6.54 Å². The van der Waals surface area contributed by atoms with Crippen LogP contribution in [0.15, 0.2) is 18.2 Å². The normalized spacial score (nSPS) is 11.6. The van der Waals surface area contributed by atoms with Crippen LogP contribution in [0.5, 0.6) is 5.75 Å². The van der Waals surface area contributed by atoms with Crippen LogP contribution < -0.4 is 15.8 Å². The molecular weight excluding hydrogens is 243 g/mol. The molecule has 1 aromatic carbocycles. The standard InChI is InChI=1S/C15H25FN2O/c1-4-19-14-6-5-12(9-13(14)16)10-18-8-7-15(2,3)11-17/h5-6,9,18H,4,7-8,10-11,17H2,1-3H3. The van der Waals surface area contributed by atoms with Gasteiger partial charge in [-0.3, -0.25) is 0 Å². The third-order valence-electron chi connectivity index (χ3n) is 3.16. The van der Waals surface area contributed by atoms with Crippen molar-refractivity contribution in [2.45, 2.75) is 33.7 Å². The van der Waals surface area contributed by atoms with Crippen molar-refractivity contribution >= 4 is 0 Å². The van der Waals surface area contributed by atoms with E-state index in [0.29, 0.717) is 25.4 Å². The van der Waals surface area contributed by atoms with Crippen molar-refractivity contribution in [3.8, 4) is 5.75 Å². The first-order valence-electron chi connectivity index (χ1n) is 6.80. The number of hydrogen-bond acceptors (Lipinski definition) is 3. The molecule has 0 unspecified atom stereocenters. The van der Waals surface area contributed by atoms with Crippen LogP contribution in [0.4, 0.5) is 4.39 Å². The van der Waals surface area contributed by atoms with Gasteiger partial charge in [0.1, 0.15) is 0 Å². The first-order valence-corrected chi connectivity index (χ1v) is 6.80. The number of nitrogens with two attached hydrogens (primary N) is 1. The molecule has 0 fully saturated rings. The second-order valence-corrected chi connectivity index (χ2v) is 5.49. The lowest BCUT2D eigenvalue weighted by atomic mass is 9.90. The summed E-state index contributed by atoms with van der Waals surface area (Å²) in [5.74, 6) is 0.0129. The Morgan fingerprint density at radius 2 is 2.11 bits per heavy atom. The molecule has 0 radical (unpaired) electrons. The molecule has 0 heterocycles. The SMILES string of the molecule is CCOc1ccc(CNCCC(C)(C)CN)cc1F. The van der Waals surface area contributed by atoms with Crippen molar-refractivity contribution in [3.05, 3.63) is 29.6 Å². The fraction of sp³-hybridized carbons (Fsp3) is 0.600. The average molecular weight is 268 g/mol. The first-order chi connectivity index (χ1) is 8.98. The zero-order chi connectivity index (χ0) is 14.3. The summed E-state index contributed by atoms with van der Waals surface area (Å²) >= 11 is 0. The summed E-state index contributed by atoms with van der Waals surface area (Å²) in [5, 5.41) is 3.31. The fourth-order valence-electron chi connectivity index (χ4n) is 1.69. The van der Waals surface area contributed by atoms with Gasteiger partial charge < -0.3 is 15.8 Å². The van der Waals surface area contributed by atoms with E-state index >= 15 is 0 Å². The van der Waals surface area contributed by atoms with Gasteiger partial charge in [0.15, 0.2) is 11.6 Å². The molecule has 0 spiro atoms. The molecule has 19 heavy (non-hydrogen) atoms. The minimum atomic E-state index is -0.302. The Morgan fingerprint density at radius 1 is 1.37 bits per heavy atom. The van der Waals surface area contributed by atoms with Gasteiger partial charge in [-0.2, -0.15) is 0 Å². The Hall–Kier alpha value is -1.13. The molecule has 0 aliphatic carbocycles. The van der Waals surface area contributed by atoms with E-state index in [1.165, 1.54) is 6.07 Å². The van der Waals surface area contributed by atoms with Crippen LogP contribution in [0.1, 0.15) is 32.8 Å². The lowest BCUT2D eigenvalue weighted by Gasteiger charge is -2.22. The van der Waals surface area contributed by atoms with E-state index < -0.39 is 0 Å². The Morgan fingerprint density at radius 3 is 2.68 bits per heavy atom. The Kier molecular flexibility index (Phi) is 6.25. The van der Waals surface area contributed by atoms with Gasteiger partial charge in [-0.15, -0.1) is 0 Å². The van der Waals surface area contributed by atoms with E-state index in [2.05, 4.69) is 19.2 Å². The zero-order valence-corrected chi connectivity index (χ0v) is 12.1. The van der Waals surface area contributed by atoms with Gasteiger partial charge in [-0.05, 0) is 49.5 Å². The van der Waals surface area contributed by atoms with E-state index in [-0.39, 0.29) is 11.2 Å². The number of rotatable bonds is 8. The molecule has 0 saturated heterocycles. The van der Waals surface area contributed by atoms with E-state index in [9.17, 15) is 4.39 Å². The van der Waals surface area contributed by atoms with Crippen LogP contribution >= 0.6 is 0 Å². The van der Waals surface area contributed by atoms with Crippen molar-refractivity contribution in [3.63, 3.8) is 0 Å². The van der Waals surface area contributed by atoms with E-state index in [1.807, 2.05) is 13.0 Å². The highest BCUT2D eigenvalue weighted by atomic mass is 19.1. The molecule has 0 saturated carbocycles. The highest BCUT2D eigenvalue weighted by molar-refractivity contribution is 5.29. The molecule has 0 aromatic heterocycles. The first kappa shape index (κ1) is 15.9. The van der Waals surface area contributed by atoms with E-state index in [4.69, 9.17) is 10.5 Å². The third kappa shape index (κ3) is 5.57. The largest absolute Gasteiger partial charge is 0.491 e. The van der Waals surface area contributed by atoms with Gasteiger partial charge in [0.2, 0.25) is 0 Å². The maximum Gasteiger partial charge on any atom is 0.165 e. The number of halogens is 1. The summed E-state index contributed by atoms with van der Waals surface area (Å²) in [6.07, 6.45) is 1.00. The van der Waals surface area contributed by atoms with Gasteiger partial charge in [-0.1, -0.05) is 19.9 Å². The maximum atomic E-state index is 13.6. The molecule has 3 nitrogen and oxygen atoms in total. The second-order valence-electron chi connectivity index (χ2n) is 5.49. The van der Waals surface area contributed by atoms with Crippen molar-refractivity contribution in [2.24, 2.45) is 11.1 Å². The second kappa shape index (κ2) is 7.46. The van der Waals surface area contributed by atoms with Gasteiger partial charge in [-0.25, -0.2) is 4.39 Å². The van der Waals surface area contributed by atoms with Crippen LogP contribution in [0, 0.1) is 11.2 Å². The van der Waals surface area contributed by atoms with Crippen molar-refractivity contribution in [2.75, 3.05) is 19.7 Å². The molecule has 4 heteroatoms. The van der Waals surface area contributed by atoms with Gasteiger partial charge >= 0.3 is 0 Å². The Balaban J connectivity index is 2.40. The van der Waals surface area contributed by atoms with Gasteiger partial charge in [0.05, 0.1) is 6.61 Å². The Bertz CT molecular complexity index is 394. The fourth-order valence-corrected chi connectivity index (χ4v) is 1.69. The smallest absolute Gasteiger partial charge is 0.165 e. The summed E-state index contributed by atoms with van der Waals surface area (Å²) in [4.78, 5) is 0. The molecule has 0 aliphatic rings.